The molecule has 0 saturated carbocycles. The number of carbonyl (C=O) groups is 2. The molecule has 2 aromatic carbocycles. The molecule has 2 heterocycles. The minimum atomic E-state index is -0.705. The molecule has 4 rings (SSSR count). The number of rotatable bonds is 10. The molecular formula is C29H38Cl2N4O4. The number of carbonyl (C=O) groups excluding carboxylic acids is 2. The van der Waals surface area contributed by atoms with Crippen molar-refractivity contribution >= 4 is 46.6 Å². The first-order valence-corrected chi connectivity index (χ1v) is 14.4. The maximum absolute atomic E-state index is 12.8. The Morgan fingerprint density at radius 3 is 2.56 bits per heavy atom. The van der Waals surface area contributed by atoms with Crippen molar-refractivity contribution in [2.45, 2.75) is 45.8 Å². The number of hydrogen-bond acceptors (Lipinski definition) is 6. The predicted molar refractivity (Wildman–Crippen MR) is 156 cm³/mol. The van der Waals surface area contributed by atoms with Crippen molar-refractivity contribution in [3.63, 3.8) is 0 Å². The lowest BCUT2D eigenvalue weighted by atomic mass is 10.0. The van der Waals surface area contributed by atoms with Gasteiger partial charge in [0.2, 0.25) is 5.91 Å². The maximum Gasteiger partial charge on any atom is 0.411 e. The Kier molecular flexibility index (Phi) is 10.2. The van der Waals surface area contributed by atoms with Crippen molar-refractivity contribution < 1.29 is 19.1 Å². The van der Waals surface area contributed by atoms with Crippen LogP contribution in [-0.4, -0.2) is 81.0 Å². The Hall–Kier alpha value is -2.68. The van der Waals surface area contributed by atoms with Crippen LogP contribution in [0.1, 0.15) is 38.7 Å². The molecule has 2 aromatic rings. The highest BCUT2D eigenvalue weighted by Crippen LogP contribution is 2.34. The number of fused-ring (bicyclic) bond motifs is 1. The van der Waals surface area contributed by atoms with E-state index in [1.165, 1.54) is 4.90 Å². The zero-order chi connectivity index (χ0) is 27.9. The Bertz CT molecular complexity index is 1160. The number of piperazine rings is 1. The van der Waals surface area contributed by atoms with E-state index in [1.54, 1.807) is 18.9 Å². The van der Waals surface area contributed by atoms with Gasteiger partial charge in [0.05, 0.1) is 28.0 Å². The van der Waals surface area contributed by atoms with E-state index in [0.29, 0.717) is 41.8 Å². The molecule has 39 heavy (non-hydrogen) atoms. The fraction of sp³-hybridized carbons (Fsp3) is 0.517. The zero-order valence-corrected chi connectivity index (χ0v) is 24.5. The molecule has 212 valence electrons. The van der Waals surface area contributed by atoms with Crippen molar-refractivity contribution in [1.29, 1.82) is 0 Å². The van der Waals surface area contributed by atoms with Crippen LogP contribution in [0, 0.1) is 0 Å². The van der Waals surface area contributed by atoms with Gasteiger partial charge in [0.15, 0.2) is 6.23 Å². The summed E-state index contributed by atoms with van der Waals surface area (Å²) in [7, 11) is 1.67. The quantitative estimate of drug-likeness (QED) is 0.338. The molecule has 1 atom stereocenters. The minimum Gasteiger partial charge on any atom is -0.494 e. The van der Waals surface area contributed by atoms with Crippen molar-refractivity contribution in [3.8, 4) is 5.75 Å². The van der Waals surface area contributed by atoms with Gasteiger partial charge in [-0.15, -0.1) is 0 Å². The number of amides is 2. The highest BCUT2D eigenvalue weighted by molar-refractivity contribution is 6.43. The standard InChI is InChI=1S/C29H38Cl2N4O4/c1-4-32(3)29(37)39-21(2)35-26-20-23(12-10-22(26)11-13-27(35)36)38-19-6-5-14-33-15-17-34(18-16-33)25-9-7-8-24(30)28(25)31/h7-10,12,20-21H,4-6,11,13-19H2,1-3H3. The van der Waals surface area contributed by atoms with Gasteiger partial charge in [0.25, 0.3) is 0 Å². The topological polar surface area (TPSA) is 65.6 Å². The normalized spacial score (nSPS) is 16.6. The summed E-state index contributed by atoms with van der Waals surface area (Å²) < 4.78 is 11.6. The van der Waals surface area contributed by atoms with Gasteiger partial charge in [-0.05, 0) is 63.4 Å². The lowest BCUT2D eigenvalue weighted by Gasteiger charge is -2.36. The second kappa shape index (κ2) is 13.6. The highest BCUT2D eigenvalue weighted by Gasteiger charge is 2.31. The number of anilines is 2. The summed E-state index contributed by atoms with van der Waals surface area (Å²) >= 11 is 12.6. The van der Waals surface area contributed by atoms with Gasteiger partial charge in [-0.2, -0.15) is 0 Å². The molecule has 0 N–H and O–H groups in total. The summed E-state index contributed by atoms with van der Waals surface area (Å²) in [4.78, 5) is 32.8. The maximum atomic E-state index is 12.8. The smallest absolute Gasteiger partial charge is 0.411 e. The molecule has 2 aliphatic heterocycles. The van der Waals surface area contributed by atoms with Crippen LogP contribution < -0.4 is 14.5 Å². The molecule has 1 fully saturated rings. The molecule has 10 heteroatoms. The number of nitrogens with zero attached hydrogens (tertiary/aromatic N) is 4. The first-order chi connectivity index (χ1) is 18.8. The van der Waals surface area contributed by atoms with Gasteiger partial charge in [-0.1, -0.05) is 35.3 Å². The van der Waals surface area contributed by atoms with Crippen LogP contribution in [0.25, 0.3) is 0 Å². The van der Waals surface area contributed by atoms with Gasteiger partial charge in [-0.25, -0.2) is 4.79 Å². The second-order valence-corrected chi connectivity index (χ2v) is 10.8. The molecule has 1 unspecified atom stereocenters. The van der Waals surface area contributed by atoms with E-state index in [9.17, 15) is 9.59 Å². The summed E-state index contributed by atoms with van der Waals surface area (Å²) in [6.07, 6.45) is 1.86. The van der Waals surface area contributed by atoms with Gasteiger partial charge >= 0.3 is 6.09 Å². The minimum absolute atomic E-state index is 0.0585. The third-order valence-electron chi connectivity index (χ3n) is 7.40. The summed E-state index contributed by atoms with van der Waals surface area (Å²) in [6, 6.07) is 11.6. The molecule has 1 saturated heterocycles. The zero-order valence-electron chi connectivity index (χ0n) is 23.0. The first-order valence-electron chi connectivity index (χ1n) is 13.7. The third kappa shape index (κ3) is 7.29. The predicted octanol–water partition coefficient (Wildman–Crippen LogP) is 5.69. The largest absolute Gasteiger partial charge is 0.494 e. The summed E-state index contributed by atoms with van der Waals surface area (Å²) in [5, 5.41) is 1.21. The van der Waals surface area contributed by atoms with E-state index in [4.69, 9.17) is 32.7 Å². The average Bonchev–Trinajstić information content (AvgIpc) is 2.94. The van der Waals surface area contributed by atoms with Crippen LogP contribution in [0.4, 0.5) is 16.2 Å². The SMILES string of the molecule is CCN(C)C(=O)OC(C)N1C(=O)CCc2ccc(OCCCCN3CCN(c4cccc(Cl)c4Cl)CC3)cc21. The molecule has 0 radical (unpaired) electrons. The number of hydrogen-bond donors (Lipinski definition) is 0. The number of halogens is 2. The van der Waals surface area contributed by atoms with Gasteiger partial charge in [0.1, 0.15) is 5.75 Å². The summed E-state index contributed by atoms with van der Waals surface area (Å²) in [5.74, 6) is 0.654. The molecule has 0 aliphatic carbocycles. The van der Waals surface area contributed by atoms with Gasteiger partial charge in [-0.3, -0.25) is 14.6 Å². The number of unbranched alkanes of at least 4 members (excludes halogenated alkanes) is 1. The van der Waals surface area contributed by atoms with Gasteiger partial charge in [0, 0.05) is 52.3 Å². The molecule has 8 nitrogen and oxygen atoms in total. The van der Waals surface area contributed by atoms with E-state index < -0.39 is 12.3 Å². The second-order valence-electron chi connectivity index (χ2n) is 10.0. The number of benzene rings is 2. The van der Waals surface area contributed by atoms with E-state index in [2.05, 4.69) is 9.80 Å². The highest BCUT2D eigenvalue weighted by atomic mass is 35.5. The van der Waals surface area contributed by atoms with E-state index >= 15 is 0 Å². The molecule has 0 spiro atoms. The molecular weight excluding hydrogens is 539 g/mol. The Morgan fingerprint density at radius 1 is 1.05 bits per heavy atom. The fourth-order valence-electron chi connectivity index (χ4n) is 4.96. The van der Waals surface area contributed by atoms with Crippen LogP contribution in [-0.2, 0) is 16.0 Å². The van der Waals surface area contributed by atoms with E-state index in [0.717, 1.165) is 62.5 Å². The van der Waals surface area contributed by atoms with Crippen molar-refractivity contribution in [1.82, 2.24) is 9.80 Å². The van der Waals surface area contributed by atoms with Crippen LogP contribution >= 0.6 is 23.2 Å². The Labute approximate surface area is 241 Å². The van der Waals surface area contributed by atoms with Crippen molar-refractivity contribution in [2.24, 2.45) is 0 Å². The Balaban J connectivity index is 1.23. The lowest BCUT2D eigenvalue weighted by Crippen LogP contribution is -2.46. The van der Waals surface area contributed by atoms with Crippen LogP contribution in [0.5, 0.6) is 5.75 Å². The molecule has 0 aromatic heterocycles. The fourth-order valence-corrected chi connectivity index (χ4v) is 5.37. The van der Waals surface area contributed by atoms with Crippen LogP contribution in [0.2, 0.25) is 10.0 Å². The average molecular weight is 578 g/mol. The number of ether oxygens (including phenoxy) is 2. The van der Waals surface area contributed by atoms with Crippen molar-refractivity contribution in [3.05, 3.63) is 52.0 Å². The Morgan fingerprint density at radius 2 is 1.82 bits per heavy atom. The first kappa shape index (κ1) is 29.3. The third-order valence-corrected chi connectivity index (χ3v) is 8.20. The monoisotopic (exact) mass is 576 g/mol. The lowest BCUT2D eigenvalue weighted by molar-refractivity contribution is -0.120. The van der Waals surface area contributed by atoms with Gasteiger partial charge < -0.3 is 19.3 Å². The van der Waals surface area contributed by atoms with E-state index in [-0.39, 0.29) is 5.91 Å². The molecule has 2 amide bonds. The van der Waals surface area contributed by atoms with Crippen LogP contribution in [0.3, 0.4) is 0 Å². The van der Waals surface area contributed by atoms with E-state index in [1.807, 2.05) is 43.3 Å². The van der Waals surface area contributed by atoms with Crippen LogP contribution in [0.15, 0.2) is 36.4 Å². The summed E-state index contributed by atoms with van der Waals surface area (Å²) in [5.41, 5.74) is 2.80. The van der Waals surface area contributed by atoms with Crippen molar-refractivity contribution in [2.75, 3.05) is 62.7 Å². The molecule has 2 aliphatic rings. The number of aryl methyl sites for hydroxylation is 1. The molecule has 0 bridgehead atoms. The summed E-state index contributed by atoms with van der Waals surface area (Å²) in [6.45, 7) is 9.54.